The lowest BCUT2D eigenvalue weighted by Gasteiger charge is -2.04. The van der Waals surface area contributed by atoms with Gasteiger partial charge in [0.1, 0.15) is 11.9 Å². The molecule has 0 unspecified atom stereocenters. The molecule has 2 heterocycles. The normalized spacial score (nSPS) is 13.7. The molecule has 0 N–H and O–H groups in total. The maximum absolute atomic E-state index is 12.6. The summed E-state index contributed by atoms with van der Waals surface area (Å²) in [6, 6.07) is 15.3. The standard InChI is InChI=1S/C21H20ClF2N2S.BrH/c22-16-7-5-15(6-8-16)19-14-26(20-4-2-1-3-13-25(19)20)17-9-11-18(12-10-17)27-21(23)24;/h5-12,14,21H,1-4,13H2;1H/q+1;/p-1. The Morgan fingerprint density at radius 1 is 0.964 bits per heavy atom. The monoisotopic (exact) mass is 484 g/mol. The second-order valence-electron chi connectivity index (χ2n) is 6.64. The molecule has 0 fully saturated rings. The molecule has 0 atom stereocenters. The van der Waals surface area contributed by atoms with Crippen LogP contribution in [-0.4, -0.2) is 10.3 Å². The summed E-state index contributed by atoms with van der Waals surface area (Å²) in [5.74, 6) is -1.14. The van der Waals surface area contributed by atoms with Crippen molar-refractivity contribution >= 4 is 23.4 Å². The minimum atomic E-state index is -2.40. The molecule has 28 heavy (non-hydrogen) atoms. The van der Waals surface area contributed by atoms with E-state index in [0.717, 1.165) is 47.8 Å². The molecule has 2 nitrogen and oxygen atoms in total. The molecule has 0 saturated carbocycles. The van der Waals surface area contributed by atoms with E-state index < -0.39 is 5.76 Å². The summed E-state index contributed by atoms with van der Waals surface area (Å²) in [4.78, 5) is 0.581. The zero-order valence-corrected chi connectivity index (χ0v) is 18.3. The molecule has 0 spiro atoms. The number of nitrogens with zero attached hydrogens (tertiary/aromatic N) is 2. The van der Waals surface area contributed by atoms with Crippen molar-refractivity contribution in [2.45, 2.75) is 42.9 Å². The predicted molar refractivity (Wildman–Crippen MR) is 106 cm³/mol. The van der Waals surface area contributed by atoms with Crippen molar-refractivity contribution < 1.29 is 30.3 Å². The third-order valence-electron chi connectivity index (χ3n) is 4.89. The summed E-state index contributed by atoms with van der Waals surface area (Å²) in [6.07, 6.45) is 6.68. The molecule has 1 aliphatic heterocycles. The van der Waals surface area contributed by atoms with Gasteiger partial charge in [0.15, 0.2) is 5.69 Å². The van der Waals surface area contributed by atoms with Crippen molar-refractivity contribution in [2.24, 2.45) is 0 Å². The molecule has 0 aliphatic carbocycles. The Morgan fingerprint density at radius 3 is 2.36 bits per heavy atom. The highest BCUT2D eigenvalue weighted by Crippen LogP contribution is 2.28. The van der Waals surface area contributed by atoms with Gasteiger partial charge in [-0.2, -0.15) is 13.3 Å². The van der Waals surface area contributed by atoms with E-state index in [1.807, 2.05) is 36.4 Å². The smallest absolute Gasteiger partial charge is 0.288 e. The molecule has 2 aromatic carbocycles. The second-order valence-corrected chi connectivity index (χ2v) is 8.14. The van der Waals surface area contributed by atoms with Crippen molar-refractivity contribution in [2.75, 3.05) is 0 Å². The zero-order valence-electron chi connectivity index (χ0n) is 15.1. The van der Waals surface area contributed by atoms with Crippen LogP contribution in [0, 0.1) is 0 Å². The number of aromatic nitrogens is 2. The number of alkyl halides is 2. The third-order valence-corrected chi connectivity index (χ3v) is 5.87. The molecule has 1 aromatic heterocycles. The molecule has 7 heteroatoms. The molecule has 0 saturated heterocycles. The molecule has 1 aliphatic rings. The van der Waals surface area contributed by atoms with E-state index in [4.69, 9.17) is 11.6 Å². The number of halogens is 4. The Hall–Kier alpha value is -1.37. The van der Waals surface area contributed by atoms with E-state index >= 15 is 0 Å². The Labute approximate surface area is 183 Å². The average molecular weight is 486 g/mol. The first-order valence-electron chi connectivity index (χ1n) is 9.07. The maximum Gasteiger partial charge on any atom is 0.288 e. The van der Waals surface area contributed by atoms with Gasteiger partial charge in [0.2, 0.25) is 0 Å². The van der Waals surface area contributed by atoms with Crippen LogP contribution in [0.4, 0.5) is 8.78 Å². The van der Waals surface area contributed by atoms with Crippen LogP contribution in [0.15, 0.2) is 59.6 Å². The molecular formula is C21H20BrClF2N2S. The minimum Gasteiger partial charge on any atom is -1.00 e. The lowest BCUT2D eigenvalue weighted by Crippen LogP contribution is -3.00. The lowest BCUT2D eigenvalue weighted by atomic mass is 10.1. The fraction of sp³-hybridized carbons (Fsp3) is 0.286. The molecular weight excluding hydrogens is 466 g/mol. The van der Waals surface area contributed by atoms with Crippen molar-refractivity contribution in [1.82, 2.24) is 4.57 Å². The number of hydrogen-bond donors (Lipinski definition) is 0. The van der Waals surface area contributed by atoms with Crippen LogP contribution in [0.2, 0.25) is 5.02 Å². The zero-order chi connectivity index (χ0) is 18.8. The number of fused-ring (bicyclic) bond motifs is 1. The summed E-state index contributed by atoms with van der Waals surface area (Å²) in [6.45, 7) is 0.986. The van der Waals surface area contributed by atoms with E-state index in [9.17, 15) is 8.78 Å². The van der Waals surface area contributed by atoms with Gasteiger partial charge in [-0.05, 0) is 67.8 Å². The van der Waals surface area contributed by atoms with Crippen molar-refractivity contribution in [3.8, 4) is 16.9 Å². The largest absolute Gasteiger partial charge is 1.00 e. The molecule has 0 bridgehead atoms. The maximum atomic E-state index is 12.6. The van der Waals surface area contributed by atoms with Crippen LogP contribution >= 0.6 is 23.4 Å². The van der Waals surface area contributed by atoms with Gasteiger partial charge in [-0.25, -0.2) is 4.57 Å². The quantitative estimate of drug-likeness (QED) is 0.407. The van der Waals surface area contributed by atoms with Gasteiger partial charge in [-0.1, -0.05) is 23.4 Å². The van der Waals surface area contributed by atoms with Gasteiger partial charge in [0.25, 0.3) is 11.6 Å². The topological polar surface area (TPSA) is 8.81 Å². The molecule has 3 aromatic rings. The van der Waals surface area contributed by atoms with Gasteiger partial charge in [0.05, 0.1) is 6.54 Å². The van der Waals surface area contributed by atoms with Gasteiger partial charge in [-0.3, -0.25) is 0 Å². The van der Waals surface area contributed by atoms with Crippen LogP contribution < -0.4 is 21.5 Å². The van der Waals surface area contributed by atoms with Crippen LogP contribution in [-0.2, 0) is 13.0 Å². The van der Waals surface area contributed by atoms with Crippen molar-refractivity contribution in [1.29, 1.82) is 0 Å². The highest BCUT2D eigenvalue weighted by atomic mass is 79.9. The highest BCUT2D eigenvalue weighted by Gasteiger charge is 2.26. The molecule has 4 rings (SSSR count). The van der Waals surface area contributed by atoms with Gasteiger partial charge < -0.3 is 17.0 Å². The van der Waals surface area contributed by atoms with Gasteiger partial charge in [-0.15, -0.1) is 0 Å². The number of imidazole rings is 1. The minimum absolute atomic E-state index is 0. The Balaban J connectivity index is 0.00000225. The van der Waals surface area contributed by atoms with Gasteiger partial charge >= 0.3 is 0 Å². The first kappa shape index (κ1) is 21.3. The van der Waals surface area contributed by atoms with Crippen LogP contribution in [0.5, 0.6) is 0 Å². The Kier molecular flexibility index (Phi) is 7.18. The van der Waals surface area contributed by atoms with Crippen molar-refractivity contribution in [3.05, 3.63) is 65.6 Å². The highest BCUT2D eigenvalue weighted by molar-refractivity contribution is 7.99. The fourth-order valence-corrected chi connectivity index (χ4v) is 4.26. The van der Waals surface area contributed by atoms with Crippen LogP contribution in [0.3, 0.4) is 0 Å². The van der Waals surface area contributed by atoms with E-state index in [1.54, 1.807) is 12.1 Å². The number of thioether (sulfide) groups is 1. The number of rotatable bonds is 4. The number of benzene rings is 2. The third kappa shape index (κ3) is 4.61. The van der Waals surface area contributed by atoms with Crippen molar-refractivity contribution in [3.63, 3.8) is 0 Å². The van der Waals surface area contributed by atoms with E-state index in [0.29, 0.717) is 16.7 Å². The van der Waals surface area contributed by atoms with Gasteiger partial charge in [0, 0.05) is 21.9 Å². The molecule has 148 valence electrons. The average Bonchev–Trinajstić information content (AvgIpc) is 2.84. The first-order chi connectivity index (χ1) is 13.1. The lowest BCUT2D eigenvalue weighted by molar-refractivity contribution is -0.692. The predicted octanol–water partition coefficient (Wildman–Crippen LogP) is 3.13. The molecule has 0 radical (unpaired) electrons. The summed E-state index contributed by atoms with van der Waals surface area (Å²) < 4.78 is 29.7. The first-order valence-corrected chi connectivity index (χ1v) is 10.3. The second kappa shape index (κ2) is 9.42. The summed E-state index contributed by atoms with van der Waals surface area (Å²) in [7, 11) is 0. The SMILES string of the molecule is FC(F)Sc1ccc(-n2cc(-c3ccc(Cl)cc3)[n+]3c2CCCCC3)cc1.[Br-]. The Bertz CT molecular complexity index is 927. The van der Waals surface area contributed by atoms with Crippen LogP contribution in [0.25, 0.3) is 16.9 Å². The number of hydrogen-bond acceptors (Lipinski definition) is 1. The fourth-order valence-electron chi connectivity index (χ4n) is 3.63. The summed E-state index contributed by atoms with van der Waals surface area (Å²) in [5.41, 5.74) is 3.29. The van der Waals surface area contributed by atoms with E-state index in [2.05, 4.69) is 15.3 Å². The van der Waals surface area contributed by atoms with E-state index in [1.165, 1.54) is 12.2 Å². The molecule has 0 amide bonds. The summed E-state index contributed by atoms with van der Waals surface area (Å²) in [5, 5.41) is 0.724. The Morgan fingerprint density at radius 2 is 1.68 bits per heavy atom. The summed E-state index contributed by atoms with van der Waals surface area (Å²) >= 11 is 6.63. The van der Waals surface area contributed by atoms with E-state index in [-0.39, 0.29) is 17.0 Å². The van der Waals surface area contributed by atoms with Crippen LogP contribution in [0.1, 0.15) is 25.1 Å².